The van der Waals surface area contributed by atoms with Crippen LogP contribution in [0.2, 0.25) is 0 Å². The lowest BCUT2D eigenvalue weighted by Gasteiger charge is -2.45. The Bertz CT molecular complexity index is 376. The number of hydrogen-bond acceptors (Lipinski definition) is 3. The maximum atomic E-state index is 6.08. The Morgan fingerprint density at radius 2 is 1.58 bits per heavy atom. The number of piperidine rings is 1. The SMILES string of the molecule is C[C@@H]1C[C@@H](CCOC(C)(C)C)CCN1CC1CC(OC(C)(C)C)C1. The van der Waals surface area contributed by atoms with E-state index in [2.05, 4.69) is 53.4 Å². The summed E-state index contributed by atoms with van der Waals surface area (Å²) in [5.74, 6) is 1.69. The van der Waals surface area contributed by atoms with Gasteiger partial charge in [-0.1, -0.05) is 0 Å². The van der Waals surface area contributed by atoms with Gasteiger partial charge in [0.1, 0.15) is 0 Å². The highest BCUT2D eigenvalue weighted by molar-refractivity contribution is 4.87. The van der Waals surface area contributed by atoms with Crippen LogP contribution in [0.5, 0.6) is 0 Å². The van der Waals surface area contributed by atoms with Gasteiger partial charge in [-0.15, -0.1) is 0 Å². The number of likely N-dealkylation sites (tertiary alicyclic amines) is 1. The summed E-state index contributed by atoms with van der Waals surface area (Å²) in [5, 5.41) is 0. The number of ether oxygens (including phenoxy) is 2. The zero-order valence-electron chi connectivity index (χ0n) is 17.2. The molecule has 24 heavy (non-hydrogen) atoms. The number of hydrogen-bond donors (Lipinski definition) is 0. The largest absolute Gasteiger partial charge is 0.376 e. The van der Waals surface area contributed by atoms with Crippen molar-refractivity contribution in [3.8, 4) is 0 Å². The monoisotopic (exact) mass is 339 g/mol. The van der Waals surface area contributed by atoms with E-state index in [9.17, 15) is 0 Å². The van der Waals surface area contributed by atoms with Crippen LogP contribution in [0.25, 0.3) is 0 Å². The third-order valence-electron chi connectivity index (χ3n) is 5.39. The Labute approximate surface area is 150 Å². The third kappa shape index (κ3) is 7.01. The summed E-state index contributed by atoms with van der Waals surface area (Å²) < 4.78 is 12.0. The molecular formula is C21H41NO2. The van der Waals surface area contributed by atoms with Gasteiger partial charge in [0, 0.05) is 19.2 Å². The predicted molar refractivity (Wildman–Crippen MR) is 101 cm³/mol. The van der Waals surface area contributed by atoms with Crippen LogP contribution < -0.4 is 0 Å². The Balaban J connectivity index is 1.62. The summed E-state index contributed by atoms with van der Waals surface area (Å²) in [5.41, 5.74) is 0.0125. The molecule has 0 amide bonds. The van der Waals surface area contributed by atoms with E-state index in [0.717, 1.165) is 24.5 Å². The lowest BCUT2D eigenvalue weighted by molar-refractivity contribution is -0.117. The van der Waals surface area contributed by atoms with E-state index in [0.29, 0.717) is 6.10 Å². The zero-order chi connectivity index (χ0) is 18.0. The van der Waals surface area contributed by atoms with Crippen molar-refractivity contribution in [1.82, 2.24) is 4.90 Å². The Morgan fingerprint density at radius 3 is 2.12 bits per heavy atom. The Kier molecular flexibility index (Phi) is 6.78. The lowest BCUT2D eigenvalue weighted by Crippen LogP contribution is -2.48. The van der Waals surface area contributed by atoms with Gasteiger partial charge in [0.05, 0.1) is 17.3 Å². The van der Waals surface area contributed by atoms with Crippen LogP contribution in [0, 0.1) is 11.8 Å². The maximum Gasteiger partial charge on any atom is 0.0602 e. The molecule has 0 aromatic rings. The van der Waals surface area contributed by atoms with Gasteiger partial charge < -0.3 is 14.4 Å². The van der Waals surface area contributed by atoms with Crippen LogP contribution in [0.3, 0.4) is 0 Å². The van der Waals surface area contributed by atoms with Crippen molar-refractivity contribution >= 4 is 0 Å². The summed E-state index contributed by atoms with van der Waals surface area (Å²) in [6, 6.07) is 0.723. The van der Waals surface area contributed by atoms with Gasteiger partial charge in [-0.2, -0.15) is 0 Å². The smallest absolute Gasteiger partial charge is 0.0602 e. The van der Waals surface area contributed by atoms with Crippen molar-refractivity contribution in [2.45, 2.75) is 104 Å². The number of rotatable bonds is 6. The van der Waals surface area contributed by atoms with Crippen LogP contribution in [-0.2, 0) is 9.47 Å². The molecule has 2 atom stereocenters. The van der Waals surface area contributed by atoms with E-state index in [1.165, 1.54) is 45.2 Å². The molecule has 0 aromatic carbocycles. The van der Waals surface area contributed by atoms with Gasteiger partial charge in [0.15, 0.2) is 0 Å². The highest BCUT2D eigenvalue weighted by Gasteiger charge is 2.35. The van der Waals surface area contributed by atoms with E-state index in [1.54, 1.807) is 0 Å². The van der Waals surface area contributed by atoms with Crippen LogP contribution in [0.1, 0.15) is 80.6 Å². The fraction of sp³-hybridized carbons (Fsp3) is 1.00. The molecule has 2 fully saturated rings. The molecule has 142 valence electrons. The molecule has 3 heteroatoms. The molecule has 2 aliphatic rings. The summed E-state index contributed by atoms with van der Waals surface area (Å²) in [6.07, 6.45) is 6.90. The fourth-order valence-corrected chi connectivity index (χ4v) is 4.13. The van der Waals surface area contributed by atoms with Crippen molar-refractivity contribution < 1.29 is 9.47 Å². The summed E-state index contributed by atoms with van der Waals surface area (Å²) in [6.45, 7) is 18.8. The molecule has 1 saturated carbocycles. The van der Waals surface area contributed by atoms with E-state index >= 15 is 0 Å². The van der Waals surface area contributed by atoms with Gasteiger partial charge >= 0.3 is 0 Å². The topological polar surface area (TPSA) is 21.7 Å². The first-order valence-electron chi connectivity index (χ1n) is 10.1. The predicted octanol–water partition coefficient (Wildman–Crippen LogP) is 4.89. The molecular weight excluding hydrogens is 298 g/mol. The first-order chi connectivity index (χ1) is 11.0. The minimum Gasteiger partial charge on any atom is -0.376 e. The molecule has 3 nitrogen and oxygen atoms in total. The molecule has 2 rings (SSSR count). The summed E-state index contributed by atoms with van der Waals surface area (Å²) in [4.78, 5) is 2.72. The highest BCUT2D eigenvalue weighted by atomic mass is 16.5. The molecule has 1 aliphatic heterocycles. The normalized spacial score (nSPS) is 32.6. The van der Waals surface area contributed by atoms with Gasteiger partial charge in [0.2, 0.25) is 0 Å². The van der Waals surface area contributed by atoms with E-state index in [-0.39, 0.29) is 11.2 Å². The molecule has 0 bridgehead atoms. The Hall–Kier alpha value is -0.120. The first-order valence-corrected chi connectivity index (χ1v) is 10.1. The van der Waals surface area contributed by atoms with Gasteiger partial charge in [-0.25, -0.2) is 0 Å². The molecule has 0 radical (unpaired) electrons. The average Bonchev–Trinajstić information content (AvgIpc) is 2.36. The van der Waals surface area contributed by atoms with E-state index in [4.69, 9.17) is 9.47 Å². The standard InChI is InChI=1S/C21H41NO2/c1-16-12-17(9-11-23-20(2,3)4)8-10-22(16)15-18-13-19(14-18)24-21(5,6)7/h16-19H,8-15H2,1-7H3/t16-,17-,18?,19?/m1/s1. The molecule has 1 aliphatic carbocycles. The van der Waals surface area contributed by atoms with E-state index < -0.39 is 0 Å². The molecule has 0 N–H and O–H groups in total. The van der Waals surface area contributed by atoms with Crippen LogP contribution in [0.4, 0.5) is 0 Å². The second-order valence-corrected chi connectivity index (χ2v) is 10.2. The van der Waals surface area contributed by atoms with Crippen molar-refractivity contribution in [2.24, 2.45) is 11.8 Å². The lowest BCUT2D eigenvalue weighted by atomic mass is 9.80. The van der Waals surface area contributed by atoms with Crippen molar-refractivity contribution in [2.75, 3.05) is 19.7 Å². The maximum absolute atomic E-state index is 6.08. The van der Waals surface area contributed by atoms with E-state index in [1.807, 2.05) is 0 Å². The van der Waals surface area contributed by atoms with Gasteiger partial charge in [0.25, 0.3) is 0 Å². The second-order valence-electron chi connectivity index (χ2n) is 10.2. The quantitative estimate of drug-likeness (QED) is 0.688. The van der Waals surface area contributed by atoms with Crippen LogP contribution in [-0.4, -0.2) is 47.9 Å². The second kappa shape index (κ2) is 8.05. The van der Waals surface area contributed by atoms with Crippen LogP contribution >= 0.6 is 0 Å². The zero-order valence-corrected chi connectivity index (χ0v) is 17.2. The molecule has 0 spiro atoms. The minimum absolute atomic E-state index is 0.00219. The first kappa shape index (κ1) is 20.2. The van der Waals surface area contributed by atoms with Gasteiger partial charge in [-0.05, 0) is 99.0 Å². The molecule has 1 heterocycles. The van der Waals surface area contributed by atoms with Gasteiger partial charge in [-0.3, -0.25) is 0 Å². The Morgan fingerprint density at radius 1 is 0.917 bits per heavy atom. The summed E-state index contributed by atoms with van der Waals surface area (Å²) in [7, 11) is 0. The molecule has 0 aromatic heterocycles. The highest BCUT2D eigenvalue weighted by Crippen LogP contribution is 2.35. The summed E-state index contributed by atoms with van der Waals surface area (Å²) >= 11 is 0. The third-order valence-corrected chi connectivity index (χ3v) is 5.39. The molecule has 0 unspecified atom stereocenters. The van der Waals surface area contributed by atoms with Crippen molar-refractivity contribution in [1.29, 1.82) is 0 Å². The average molecular weight is 340 g/mol. The fourth-order valence-electron chi connectivity index (χ4n) is 4.13. The minimum atomic E-state index is 0.00219. The number of nitrogens with zero attached hydrogens (tertiary/aromatic N) is 1. The van der Waals surface area contributed by atoms with Crippen LogP contribution in [0.15, 0.2) is 0 Å². The molecule has 1 saturated heterocycles. The van der Waals surface area contributed by atoms with Crippen molar-refractivity contribution in [3.05, 3.63) is 0 Å². The van der Waals surface area contributed by atoms with Crippen molar-refractivity contribution in [3.63, 3.8) is 0 Å².